The first-order chi connectivity index (χ1) is 16.1. The zero-order chi connectivity index (χ0) is 22.5. The highest BCUT2D eigenvalue weighted by Crippen LogP contribution is 2.40. The van der Waals surface area contributed by atoms with Gasteiger partial charge in [0.15, 0.2) is 17.2 Å². The summed E-state index contributed by atoms with van der Waals surface area (Å²) in [6.45, 7) is 0.134. The first kappa shape index (κ1) is 19.4. The molecule has 1 aliphatic rings. The number of carboxylic acids is 1. The normalized spacial score (nSPS) is 12.4. The van der Waals surface area contributed by atoms with Crippen LogP contribution < -0.4 is 19.5 Å². The third kappa shape index (κ3) is 3.11. The van der Waals surface area contributed by atoms with Crippen LogP contribution in [0.2, 0.25) is 0 Å². The highest BCUT2D eigenvalue weighted by molar-refractivity contribution is 7.00. The van der Waals surface area contributed by atoms with Gasteiger partial charge in [0.1, 0.15) is 16.8 Å². The molecule has 3 aromatic carbocycles. The molecular weight excluding hydrogens is 444 g/mol. The summed E-state index contributed by atoms with van der Waals surface area (Å²) in [6.07, 6.45) is 0. The summed E-state index contributed by atoms with van der Waals surface area (Å²) in [7, 11) is 1.57. The van der Waals surface area contributed by atoms with Gasteiger partial charge in [-0.2, -0.15) is 8.75 Å². The van der Waals surface area contributed by atoms with Gasteiger partial charge in [0.25, 0.3) is 0 Å². The number of aromatic nitrogens is 3. The molecule has 5 aromatic rings. The molecule has 0 spiro atoms. The Balaban J connectivity index is 1.60. The van der Waals surface area contributed by atoms with Crippen LogP contribution in [0.3, 0.4) is 0 Å². The Hall–Kier alpha value is -4.31. The van der Waals surface area contributed by atoms with Gasteiger partial charge in [0, 0.05) is 17.1 Å². The number of fused-ring (bicyclic) bond motifs is 3. The third-order valence-electron chi connectivity index (χ3n) is 5.51. The number of anilines is 2. The molecule has 0 bridgehead atoms. The number of rotatable bonds is 5. The van der Waals surface area contributed by atoms with Crippen LogP contribution in [-0.2, 0) is 0 Å². The lowest BCUT2D eigenvalue weighted by molar-refractivity contribution is 0.0689. The lowest BCUT2D eigenvalue weighted by Gasteiger charge is -2.11. The van der Waals surface area contributed by atoms with Gasteiger partial charge in [0.2, 0.25) is 6.79 Å². The minimum Gasteiger partial charge on any atom is -0.497 e. The van der Waals surface area contributed by atoms with E-state index in [9.17, 15) is 9.90 Å². The molecule has 6 rings (SSSR count). The molecule has 0 radical (unpaired) electrons. The predicted molar refractivity (Wildman–Crippen MR) is 124 cm³/mol. The molecule has 0 atom stereocenters. The summed E-state index contributed by atoms with van der Waals surface area (Å²) >= 11 is 1.13. The number of methoxy groups -OCH3 is 1. The van der Waals surface area contributed by atoms with Crippen LogP contribution in [0, 0.1) is 0 Å². The van der Waals surface area contributed by atoms with E-state index in [0.717, 1.165) is 22.8 Å². The Morgan fingerprint density at radius 2 is 1.91 bits per heavy atom. The van der Waals surface area contributed by atoms with E-state index in [-0.39, 0.29) is 12.5 Å². The molecule has 0 saturated heterocycles. The number of aromatic carboxylic acids is 1. The zero-order valence-corrected chi connectivity index (χ0v) is 18.0. The Morgan fingerprint density at radius 3 is 2.76 bits per heavy atom. The average Bonchev–Trinajstić information content (AvgIpc) is 3.55. The summed E-state index contributed by atoms with van der Waals surface area (Å²) in [5.41, 5.74) is 4.08. The summed E-state index contributed by atoms with van der Waals surface area (Å²) in [5, 5.41) is 14.3. The number of carbonyl (C=O) groups is 1. The van der Waals surface area contributed by atoms with E-state index in [4.69, 9.17) is 14.2 Å². The number of nitrogens with zero attached hydrogens (tertiary/aromatic N) is 3. The molecule has 9 nitrogen and oxygen atoms in total. The molecular formula is C23H16N4O5S. The van der Waals surface area contributed by atoms with Crippen molar-refractivity contribution in [2.24, 2.45) is 0 Å². The second kappa shape index (κ2) is 7.38. The summed E-state index contributed by atoms with van der Waals surface area (Å²) in [5.74, 6) is 0.721. The number of nitrogens with one attached hydrogen (secondary N) is 1. The topological polar surface area (TPSA) is 108 Å². The number of hydrogen-bond donors (Lipinski definition) is 2. The SMILES string of the molecule is COc1ccc2c(c1)c(Nc1ccc3nsnc3c1)c(C(=O)O)n2-c1ccc2c(c1)OCO2. The number of ether oxygens (including phenoxy) is 3. The number of carboxylic acid groups (broad SMARTS) is 1. The molecule has 0 amide bonds. The lowest BCUT2D eigenvalue weighted by atomic mass is 10.2. The summed E-state index contributed by atoms with van der Waals surface area (Å²) in [6, 6.07) is 16.3. The van der Waals surface area contributed by atoms with Crippen molar-refractivity contribution in [2.45, 2.75) is 0 Å². The van der Waals surface area contributed by atoms with E-state index in [1.165, 1.54) is 0 Å². The number of benzene rings is 3. The van der Waals surface area contributed by atoms with Gasteiger partial charge < -0.3 is 29.2 Å². The van der Waals surface area contributed by atoms with Crippen molar-refractivity contribution in [1.29, 1.82) is 0 Å². The van der Waals surface area contributed by atoms with Crippen LogP contribution in [0.15, 0.2) is 54.6 Å². The molecule has 0 aliphatic carbocycles. The first-order valence-electron chi connectivity index (χ1n) is 9.97. The fourth-order valence-electron chi connectivity index (χ4n) is 4.02. The van der Waals surface area contributed by atoms with Crippen molar-refractivity contribution in [3.05, 3.63) is 60.3 Å². The maximum absolute atomic E-state index is 12.6. The molecule has 3 heterocycles. The Morgan fingerprint density at radius 1 is 1.06 bits per heavy atom. The van der Waals surface area contributed by atoms with Crippen molar-refractivity contribution in [1.82, 2.24) is 13.3 Å². The smallest absolute Gasteiger partial charge is 0.355 e. The molecule has 164 valence electrons. The lowest BCUT2D eigenvalue weighted by Crippen LogP contribution is -2.09. The number of hydrogen-bond acceptors (Lipinski definition) is 8. The van der Waals surface area contributed by atoms with Gasteiger partial charge in [-0.15, -0.1) is 0 Å². The van der Waals surface area contributed by atoms with Gasteiger partial charge in [0.05, 0.1) is 35.7 Å². The summed E-state index contributed by atoms with van der Waals surface area (Å²) < 4.78 is 26.5. The van der Waals surface area contributed by atoms with E-state index in [2.05, 4.69) is 14.1 Å². The van der Waals surface area contributed by atoms with Gasteiger partial charge >= 0.3 is 5.97 Å². The second-order valence-corrected chi connectivity index (χ2v) is 7.91. The highest BCUT2D eigenvalue weighted by Gasteiger charge is 2.26. The van der Waals surface area contributed by atoms with E-state index >= 15 is 0 Å². The molecule has 2 aromatic heterocycles. The summed E-state index contributed by atoms with van der Waals surface area (Å²) in [4.78, 5) is 12.6. The fourth-order valence-corrected chi connectivity index (χ4v) is 4.54. The molecule has 10 heteroatoms. The van der Waals surface area contributed by atoms with Crippen LogP contribution in [0.5, 0.6) is 17.2 Å². The standard InChI is InChI=1S/C23H16N4O5S/c1-30-14-4-6-18-15(10-14)21(24-12-2-5-16-17(8-12)26-33-25-16)22(23(28)29)27(18)13-3-7-19-20(9-13)32-11-31-19/h2-10,24H,11H2,1H3,(H,28,29). The Bertz CT molecular complexity index is 1560. The monoisotopic (exact) mass is 460 g/mol. The Kier molecular flexibility index (Phi) is 4.34. The maximum Gasteiger partial charge on any atom is 0.355 e. The minimum absolute atomic E-state index is 0.0774. The first-order valence-corrected chi connectivity index (χ1v) is 10.7. The largest absolute Gasteiger partial charge is 0.497 e. The quantitative estimate of drug-likeness (QED) is 0.385. The molecule has 33 heavy (non-hydrogen) atoms. The maximum atomic E-state index is 12.6. The zero-order valence-electron chi connectivity index (χ0n) is 17.2. The Labute approximate surface area is 191 Å². The van der Waals surface area contributed by atoms with Gasteiger partial charge in [-0.05, 0) is 48.5 Å². The van der Waals surface area contributed by atoms with Crippen LogP contribution in [0.4, 0.5) is 11.4 Å². The van der Waals surface area contributed by atoms with E-state index < -0.39 is 5.97 Å². The molecule has 0 unspecified atom stereocenters. The third-order valence-corrected chi connectivity index (χ3v) is 6.07. The van der Waals surface area contributed by atoms with Crippen molar-refractivity contribution < 1.29 is 24.1 Å². The van der Waals surface area contributed by atoms with Crippen molar-refractivity contribution in [3.63, 3.8) is 0 Å². The van der Waals surface area contributed by atoms with Crippen molar-refractivity contribution in [3.8, 4) is 22.9 Å². The average molecular weight is 460 g/mol. The van der Waals surface area contributed by atoms with E-state index in [1.54, 1.807) is 35.9 Å². The highest BCUT2D eigenvalue weighted by atomic mass is 32.1. The fraction of sp³-hybridized carbons (Fsp3) is 0.0870. The van der Waals surface area contributed by atoms with Crippen molar-refractivity contribution >= 4 is 51.0 Å². The molecule has 0 saturated carbocycles. The van der Waals surface area contributed by atoms with Crippen molar-refractivity contribution in [2.75, 3.05) is 19.2 Å². The van der Waals surface area contributed by atoms with Crippen LogP contribution >= 0.6 is 11.7 Å². The van der Waals surface area contributed by atoms with Gasteiger partial charge in [-0.1, -0.05) is 0 Å². The van der Waals surface area contributed by atoms with E-state index in [0.29, 0.717) is 45.2 Å². The predicted octanol–water partition coefficient (Wildman–Crippen LogP) is 4.81. The van der Waals surface area contributed by atoms with Gasteiger partial charge in [-0.25, -0.2) is 4.79 Å². The van der Waals surface area contributed by atoms with Gasteiger partial charge in [-0.3, -0.25) is 0 Å². The van der Waals surface area contributed by atoms with Crippen LogP contribution in [-0.4, -0.2) is 38.3 Å². The minimum atomic E-state index is -1.08. The van der Waals surface area contributed by atoms with E-state index in [1.807, 2.05) is 30.3 Å². The van der Waals surface area contributed by atoms with Crippen LogP contribution in [0.25, 0.3) is 27.6 Å². The molecule has 0 fully saturated rings. The molecule has 1 aliphatic heterocycles. The second-order valence-electron chi connectivity index (χ2n) is 7.38. The van der Waals surface area contributed by atoms with Crippen LogP contribution in [0.1, 0.15) is 10.5 Å². The molecule has 2 N–H and O–H groups in total.